The summed E-state index contributed by atoms with van der Waals surface area (Å²) in [5.41, 5.74) is 3.50. The number of nitrogens with one attached hydrogen (secondary N) is 1. The summed E-state index contributed by atoms with van der Waals surface area (Å²) in [6.07, 6.45) is 1.74. The first-order valence-corrected chi connectivity index (χ1v) is 9.71. The molecule has 3 heterocycles. The number of halogens is 1. The van der Waals surface area contributed by atoms with Gasteiger partial charge in [-0.25, -0.2) is 9.07 Å². The van der Waals surface area contributed by atoms with Crippen LogP contribution in [0, 0.1) is 19.7 Å². The molecule has 0 aliphatic heterocycles. The van der Waals surface area contributed by atoms with E-state index in [0.29, 0.717) is 4.88 Å². The zero-order valence-corrected chi connectivity index (χ0v) is 16.8. The summed E-state index contributed by atoms with van der Waals surface area (Å²) in [4.78, 5) is 14.4. The smallest absolute Gasteiger partial charge is 0.261 e. The van der Waals surface area contributed by atoms with E-state index < -0.39 is 0 Å². The number of carbonyl (C=O) groups is 1. The van der Waals surface area contributed by atoms with Crippen LogP contribution >= 0.6 is 11.3 Å². The molecule has 0 saturated heterocycles. The van der Waals surface area contributed by atoms with Gasteiger partial charge in [-0.15, -0.1) is 11.3 Å². The molecule has 1 N–H and O–H groups in total. The average Bonchev–Trinajstić information content (AvgIpc) is 3.32. The number of hydrogen-bond acceptors (Lipinski definition) is 4. The molecule has 1 atom stereocenters. The van der Waals surface area contributed by atoms with Gasteiger partial charge in [0.05, 0.1) is 28.5 Å². The van der Waals surface area contributed by atoms with Gasteiger partial charge in [-0.3, -0.25) is 9.48 Å². The first kappa shape index (κ1) is 18.4. The number of fused-ring (bicyclic) bond motifs is 1. The Bertz CT molecular complexity index is 1140. The zero-order chi connectivity index (χ0) is 20.0. The summed E-state index contributed by atoms with van der Waals surface area (Å²) in [5, 5.41) is 12.8. The lowest BCUT2D eigenvalue weighted by Gasteiger charge is -2.13. The first-order valence-electron chi connectivity index (χ1n) is 8.89. The van der Waals surface area contributed by atoms with Gasteiger partial charge < -0.3 is 5.32 Å². The SMILES string of the molecule is Cc1nn(C)c2sc(C(=O)NC(C)c3cnn(-c4ccc(F)cc4)c3C)cc12. The van der Waals surface area contributed by atoms with E-state index in [1.54, 1.807) is 27.7 Å². The zero-order valence-electron chi connectivity index (χ0n) is 16.0. The molecule has 144 valence electrons. The van der Waals surface area contributed by atoms with E-state index in [4.69, 9.17) is 0 Å². The van der Waals surface area contributed by atoms with Crippen molar-refractivity contribution in [2.24, 2.45) is 7.05 Å². The maximum Gasteiger partial charge on any atom is 0.261 e. The van der Waals surface area contributed by atoms with Crippen LogP contribution in [0.3, 0.4) is 0 Å². The molecule has 6 nitrogen and oxygen atoms in total. The summed E-state index contributed by atoms with van der Waals surface area (Å²) < 4.78 is 16.7. The fourth-order valence-corrected chi connectivity index (χ4v) is 4.38. The molecule has 1 unspecified atom stereocenters. The van der Waals surface area contributed by atoms with Crippen LogP contribution in [0.25, 0.3) is 15.9 Å². The molecule has 8 heteroatoms. The number of rotatable bonds is 4. The Morgan fingerprint density at radius 1 is 1.25 bits per heavy atom. The van der Waals surface area contributed by atoms with Gasteiger partial charge in [0.1, 0.15) is 10.6 Å². The average molecular weight is 397 g/mol. The number of hydrogen-bond donors (Lipinski definition) is 1. The number of amides is 1. The standard InChI is InChI=1S/C20H20FN5OS/c1-11(17-10-22-26(13(17)3)15-7-5-14(21)6-8-15)23-19(27)18-9-16-12(2)24-25(4)20(16)28-18/h5-11H,1-4H3,(H,23,27). The van der Waals surface area contributed by atoms with Crippen LogP contribution in [-0.4, -0.2) is 25.5 Å². The maximum atomic E-state index is 13.2. The molecule has 0 radical (unpaired) electrons. The van der Waals surface area contributed by atoms with E-state index in [9.17, 15) is 9.18 Å². The van der Waals surface area contributed by atoms with Crippen molar-refractivity contribution in [1.82, 2.24) is 24.9 Å². The number of carbonyl (C=O) groups excluding carboxylic acids is 1. The molecular weight excluding hydrogens is 377 g/mol. The Labute approximate surface area is 165 Å². The lowest BCUT2D eigenvalue weighted by molar-refractivity contribution is 0.0944. The lowest BCUT2D eigenvalue weighted by atomic mass is 10.1. The monoisotopic (exact) mass is 397 g/mol. The minimum atomic E-state index is -0.289. The highest BCUT2D eigenvalue weighted by molar-refractivity contribution is 7.20. The third kappa shape index (κ3) is 3.09. The highest BCUT2D eigenvalue weighted by Crippen LogP contribution is 2.28. The van der Waals surface area contributed by atoms with Gasteiger partial charge in [-0.1, -0.05) is 0 Å². The topological polar surface area (TPSA) is 64.7 Å². The van der Waals surface area contributed by atoms with Crippen LogP contribution in [0.15, 0.2) is 36.5 Å². The molecule has 3 aromatic heterocycles. The fraction of sp³-hybridized carbons (Fsp3) is 0.250. The Hall–Kier alpha value is -3.00. The normalized spacial score (nSPS) is 12.5. The van der Waals surface area contributed by atoms with E-state index in [-0.39, 0.29) is 17.8 Å². The van der Waals surface area contributed by atoms with Gasteiger partial charge in [0.25, 0.3) is 5.91 Å². The molecule has 0 spiro atoms. The largest absolute Gasteiger partial charge is 0.345 e. The molecule has 1 aromatic carbocycles. The molecular formula is C20H20FN5OS. The number of aryl methyl sites for hydroxylation is 2. The van der Waals surface area contributed by atoms with Crippen LogP contribution in [0.5, 0.6) is 0 Å². The molecule has 0 aliphatic rings. The number of nitrogens with zero attached hydrogens (tertiary/aromatic N) is 4. The van der Waals surface area contributed by atoms with Gasteiger partial charge >= 0.3 is 0 Å². The van der Waals surface area contributed by atoms with Crippen LogP contribution < -0.4 is 5.32 Å². The predicted octanol–water partition coefficient (Wildman–Crippen LogP) is 4.07. The number of aromatic nitrogens is 4. The van der Waals surface area contributed by atoms with Gasteiger partial charge in [-0.05, 0) is 51.1 Å². The molecule has 4 rings (SSSR count). The number of thiophene rings is 1. The van der Waals surface area contributed by atoms with E-state index in [0.717, 1.165) is 32.9 Å². The quantitative estimate of drug-likeness (QED) is 0.565. The van der Waals surface area contributed by atoms with Crippen LogP contribution in [0.1, 0.15) is 39.6 Å². The van der Waals surface area contributed by atoms with Gasteiger partial charge in [-0.2, -0.15) is 10.2 Å². The molecule has 1 amide bonds. The van der Waals surface area contributed by atoms with Crippen molar-refractivity contribution < 1.29 is 9.18 Å². The minimum Gasteiger partial charge on any atom is -0.345 e. The molecule has 0 saturated carbocycles. The molecule has 0 bridgehead atoms. The number of benzene rings is 1. The highest BCUT2D eigenvalue weighted by atomic mass is 32.1. The summed E-state index contributed by atoms with van der Waals surface area (Å²) in [5.74, 6) is -0.412. The molecule has 0 aliphatic carbocycles. The van der Waals surface area contributed by atoms with E-state index >= 15 is 0 Å². The van der Waals surface area contributed by atoms with Crippen molar-refractivity contribution in [3.8, 4) is 5.69 Å². The maximum absolute atomic E-state index is 13.2. The lowest BCUT2D eigenvalue weighted by Crippen LogP contribution is -2.26. The molecule has 4 aromatic rings. The van der Waals surface area contributed by atoms with E-state index in [1.165, 1.54) is 23.5 Å². The molecule has 0 fully saturated rings. The Morgan fingerprint density at radius 2 is 1.96 bits per heavy atom. The van der Waals surface area contributed by atoms with Crippen molar-refractivity contribution in [2.75, 3.05) is 0 Å². The summed E-state index contributed by atoms with van der Waals surface area (Å²) in [7, 11) is 1.88. The van der Waals surface area contributed by atoms with E-state index in [2.05, 4.69) is 15.5 Å². The van der Waals surface area contributed by atoms with Gasteiger partial charge in [0, 0.05) is 23.7 Å². The van der Waals surface area contributed by atoms with Crippen molar-refractivity contribution in [3.63, 3.8) is 0 Å². The van der Waals surface area contributed by atoms with Crippen molar-refractivity contribution in [2.45, 2.75) is 26.8 Å². The third-order valence-corrected chi connectivity index (χ3v) is 6.05. The Kier molecular flexibility index (Phi) is 4.50. The second kappa shape index (κ2) is 6.87. The fourth-order valence-electron chi connectivity index (χ4n) is 3.35. The second-order valence-electron chi connectivity index (χ2n) is 6.81. The Morgan fingerprint density at radius 3 is 2.64 bits per heavy atom. The van der Waals surface area contributed by atoms with Crippen molar-refractivity contribution in [3.05, 3.63) is 64.2 Å². The summed E-state index contributed by atoms with van der Waals surface area (Å²) in [6, 6.07) is 7.83. The first-order chi connectivity index (χ1) is 13.3. The summed E-state index contributed by atoms with van der Waals surface area (Å²) >= 11 is 1.43. The van der Waals surface area contributed by atoms with Crippen LogP contribution in [-0.2, 0) is 7.05 Å². The summed E-state index contributed by atoms with van der Waals surface area (Å²) in [6.45, 7) is 5.80. The minimum absolute atomic E-state index is 0.123. The Balaban J connectivity index is 1.56. The van der Waals surface area contributed by atoms with Crippen LogP contribution in [0.2, 0.25) is 0 Å². The van der Waals surface area contributed by atoms with Gasteiger partial charge in [0.15, 0.2) is 0 Å². The molecule has 28 heavy (non-hydrogen) atoms. The second-order valence-corrected chi connectivity index (χ2v) is 7.84. The van der Waals surface area contributed by atoms with E-state index in [1.807, 2.05) is 33.9 Å². The highest BCUT2D eigenvalue weighted by Gasteiger charge is 2.20. The van der Waals surface area contributed by atoms with Crippen LogP contribution in [0.4, 0.5) is 4.39 Å². The van der Waals surface area contributed by atoms with Gasteiger partial charge in [0.2, 0.25) is 0 Å². The third-order valence-electron chi connectivity index (χ3n) is 4.85. The van der Waals surface area contributed by atoms with Crippen molar-refractivity contribution >= 4 is 27.5 Å². The predicted molar refractivity (Wildman–Crippen MR) is 107 cm³/mol. The van der Waals surface area contributed by atoms with Crippen molar-refractivity contribution in [1.29, 1.82) is 0 Å².